The molecule has 0 spiro atoms. The lowest BCUT2D eigenvalue weighted by atomic mass is 9.91. The van der Waals surface area contributed by atoms with E-state index >= 15 is 0 Å². The van der Waals surface area contributed by atoms with Crippen molar-refractivity contribution in [2.24, 2.45) is 0 Å². The maximum atomic E-state index is 8.64. The molecular weight excluding hydrogens is 406 g/mol. The molecule has 0 aromatic heterocycles. The van der Waals surface area contributed by atoms with Crippen molar-refractivity contribution in [1.29, 1.82) is 0 Å². The van der Waals surface area contributed by atoms with E-state index in [1.165, 1.54) is 100 Å². The van der Waals surface area contributed by atoms with Crippen molar-refractivity contribution in [3.63, 3.8) is 0 Å². The van der Waals surface area contributed by atoms with Gasteiger partial charge in [0.2, 0.25) is 0 Å². The molecule has 0 amide bonds. The molecular formula is C30H53NO2. The summed E-state index contributed by atoms with van der Waals surface area (Å²) < 4.78 is 5.52. The van der Waals surface area contributed by atoms with Gasteiger partial charge in [-0.1, -0.05) is 96.5 Å². The molecule has 0 aliphatic carbocycles. The molecule has 33 heavy (non-hydrogen) atoms. The van der Waals surface area contributed by atoms with E-state index in [4.69, 9.17) is 9.84 Å². The number of fused-ring (bicyclic) bond motifs is 1. The fourth-order valence-corrected chi connectivity index (χ4v) is 4.52. The SMILES string of the molecule is CCCCCCCCCCCCCCCCO.CCOc1ccc2c(c1)C(C)=CC(C)(C)N2. The third-order valence-corrected chi connectivity index (χ3v) is 6.27. The van der Waals surface area contributed by atoms with Crippen molar-refractivity contribution in [3.8, 4) is 5.75 Å². The number of benzene rings is 1. The first-order valence-electron chi connectivity index (χ1n) is 13.8. The first kappa shape index (κ1) is 29.6. The second kappa shape index (κ2) is 17.9. The number of aliphatic hydroxyl groups is 1. The summed E-state index contributed by atoms with van der Waals surface area (Å²) in [7, 11) is 0. The minimum atomic E-state index is 0.0320. The molecule has 0 unspecified atom stereocenters. The van der Waals surface area contributed by atoms with E-state index in [1.54, 1.807) is 0 Å². The van der Waals surface area contributed by atoms with E-state index in [-0.39, 0.29) is 5.54 Å². The van der Waals surface area contributed by atoms with Crippen LogP contribution in [0.2, 0.25) is 0 Å². The molecule has 0 saturated heterocycles. The summed E-state index contributed by atoms with van der Waals surface area (Å²) >= 11 is 0. The van der Waals surface area contributed by atoms with Crippen molar-refractivity contribution in [2.75, 3.05) is 18.5 Å². The second-order valence-corrected chi connectivity index (χ2v) is 10.1. The summed E-state index contributed by atoms with van der Waals surface area (Å²) in [6, 6.07) is 6.22. The molecule has 1 heterocycles. The van der Waals surface area contributed by atoms with Crippen LogP contribution in [0.5, 0.6) is 5.75 Å². The van der Waals surface area contributed by atoms with Crippen LogP contribution in [0.4, 0.5) is 5.69 Å². The highest BCUT2D eigenvalue weighted by Crippen LogP contribution is 2.35. The Bertz CT molecular complexity index is 637. The number of hydrogen-bond acceptors (Lipinski definition) is 3. The van der Waals surface area contributed by atoms with E-state index in [9.17, 15) is 0 Å². The Morgan fingerprint density at radius 3 is 1.79 bits per heavy atom. The van der Waals surface area contributed by atoms with Gasteiger partial charge in [0.15, 0.2) is 0 Å². The number of allylic oxidation sites excluding steroid dienone is 1. The highest BCUT2D eigenvalue weighted by molar-refractivity contribution is 5.80. The van der Waals surface area contributed by atoms with Gasteiger partial charge in [-0.3, -0.25) is 0 Å². The number of anilines is 1. The Kier molecular flexibility index (Phi) is 16.1. The summed E-state index contributed by atoms with van der Waals surface area (Å²) in [5.74, 6) is 0.940. The molecule has 3 heteroatoms. The molecule has 0 saturated carbocycles. The zero-order valence-electron chi connectivity index (χ0n) is 22.5. The van der Waals surface area contributed by atoms with Crippen molar-refractivity contribution < 1.29 is 9.84 Å². The summed E-state index contributed by atoms with van der Waals surface area (Å²) in [6.45, 7) is 11.9. The quantitative estimate of drug-likeness (QED) is 0.242. The summed E-state index contributed by atoms with van der Waals surface area (Å²) in [6.07, 6.45) is 21.5. The zero-order chi connectivity index (χ0) is 24.4. The molecule has 2 N–H and O–H groups in total. The fourth-order valence-electron chi connectivity index (χ4n) is 4.52. The van der Waals surface area contributed by atoms with Crippen LogP contribution in [-0.4, -0.2) is 23.9 Å². The molecule has 1 aromatic rings. The number of aliphatic hydroxyl groups excluding tert-OH is 1. The minimum absolute atomic E-state index is 0.0320. The predicted molar refractivity (Wildman–Crippen MR) is 146 cm³/mol. The number of ether oxygens (including phenoxy) is 1. The standard InChI is InChI=1S/C16H34O.C14H19NO/c1-2-3-4-5-6-7-8-9-10-11-12-13-14-15-16-17;1-5-16-11-6-7-13-12(8-11)10(2)9-14(3,4)15-13/h17H,2-16H2,1H3;6-9,15H,5H2,1-4H3. The highest BCUT2D eigenvalue weighted by Gasteiger charge is 2.22. The van der Waals surface area contributed by atoms with Crippen LogP contribution in [-0.2, 0) is 0 Å². The maximum absolute atomic E-state index is 8.64. The van der Waals surface area contributed by atoms with Gasteiger partial charge >= 0.3 is 0 Å². The van der Waals surface area contributed by atoms with Gasteiger partial charge < -0.3 is 15.2 Å². The molecule has 1 aliphatic heterocycles. The lowest BCUT2D eigenvalue weighted by Gasteiger charge is -2.31. The molecule has 1 aliphatic rings. The molecule has 0 atom stereocenters. The maximum Gasteiger partial charge on any atom is 0.120 e. The average molecular weight is 460 g/mol. The lowest BCUT2D eigenvalue weighted by Crippen LogP contribution is -2.31. The Morgan fingerprint density at radius 1 is 0.788 bits per heavy atom. The second-order valence-electron chi connectivity index (χ2n) is 10.1. The Balaban J connectivity index is 0.000000330. The van der Waals surface area contributed by atoms with Gasteiger partial charge in [0.05, 0.1) is 12.1 Å². The van der Waals surface area contributed by atoms with Gasteiger partial charge in [-0.05, 0) is 57.9 Å². The molecule has 0 radical (unpaired) electrons. The number of hydrogen-bond donors (Lipinski definition) is 2. The number of unbranched alkanes of at least 4 members (excludes halogenated alkanes) is 13. The summed E-state index contributed by atoms with van der Waals surface area (Å²) in [5, 5.41) is 12.1. The first-order chi connectivity index (χ1) is 15.9. The normalized spacial score (nSPS) is 13.9. The van der Waals surface area contributed by atoms with Crippen molar-refractivity contribution in [2.45, 2.75) is 130 Å². The predicted octanol–water partition coefficient (Wildman–Crippen LogP) is 9.15. The van der Waals surface area contributed by atoms with Crippen molar-refractivity contribution in [3.05, 3.63) is 29.8 Å². The van der Waals surface area contributed by atoms with Gasteiger partial charge in [0.25, 0.3) is 0 Å². The minimum Gasteiger partial charge on any atom is -0.494 e. The van der Waals surface area contributed by atoms with Gasteiger partial charge in [0, 0.05) is 17.9 Å². The number of nitrogens with one attached hydrogen (secondary N) is 1. The van der Waals surface area contributed by atoms with Gasteiger partial charge in [-0.2, -0.15) is 0 Å². The highest BCUT2D eigenvalue weighted by atomic mass is 16.5. The topological polar surface area (TPSA) is 41.5 Å². The van der Waals surface area contributed by atoms with Crippen LogP contribution >= 0.6 is 0 Å². The molecule has 0 bridgehead atoms. The lowest BCUT2D eigenvalue weighted by molar-refractivity contribution is 0.282. The smallest absolute Gasteiger partial charge is 0.120 e. The summed E-state index contributed by atoms with van der Waals surface area (Å²) in [4.78, 5) is 0. The van der Waals surface area contributed by atoms with Crippen LogP contribution in [0.25, 0.3) is 5.57 Å². The van der Waals surface area contributed by atoms with Crippen LogP contribution in [0.3, 0.4) is 0 Å². The van der Waals surface area contributed by atoms with Gasteiger partial charge in [-0.15, -0.1) is 0 Å². The van der Waals surface area contributed by atoms with E-state index in [2.05, 4.69) is 51.2 Å². The molecule has 3 nitrogen and oxygen atoms in total. The zero-order valence-corrected chi connectivity index (χ0v) is 22.5. The average Bonchev–Trinajstić information content (AvgIpc) is 2.77. The third-order valence-electron chi connectivity index (χ3n) is 6.27. The van der Waals surface area contributed by atoms with Gasteiger partial charge in [0.1, 0.15) is 5.75 Å². The molecule has 190 valence electrons. The Morgan fingerprint density at radius 2 is 1.30 bits per heavy atom. The van der Waals surface area contributed by atoms with E-state index in [1.807, 2.05) is 13.0 Å². The largest absolute Gasteiger partial charge is 0.494 e. The summed E-state index contributed by atoms with van der Waals surface area (Å²) in [5.41, 5.74) is 3.77. The van der Waals surface area contributed by atoms with Crippen molar-refractivity contribution in [1.82, 2.24) is 0 Å². The van der Waals surface area contributed by atoms with Crippen LogP contribution in [0.1, 0.15) is 130 Å². The van der Waals surface area contributed by atoms with Crippen molar-refractivity contribution >= 4 is 11.3 Å². The third kappa shape index (κ3) is 13.7. The molecule has 2 rings (SSSR count). The van der Waals surface area contributed by atoms with Gasteiger partial charge in [-0.25, -0.2) is 0 Å². The first-order valence-corrected chi connectivity index (χ1v) is 13.8. The Hall–Kier alpha value is -1.48. The molecule has 0 fully saturated rings. The van der Waals surface area contributed by atoms with Crippen LogP contribution in [0, 0.1) is 0 Å². The Labute approximate surface area is 205 Å². The fraction of sp³-hybridized carbons (Fsp3) is 0.733. The van der Waals surface area contributed by atoms with E-state index in [0.717, 1.165) is 12.2 Å². The number of rotatable bonds is 16. The van der Waals surface area contributed by atoms with E-state index < -0.39 is 0 Å². The van der Waals surface area contributed by atoms with Crippen LogP contribution < -0.4 is 10.1 Å². The molecule has 1 aromatic carbocycles. The van der Waals surface area contributed by atoms with Crippen LogP contribution in [0.15, 0.2) is 24.3 Å². The van der Waals surface area contributed by atoms with E-state index in [0.29, 0.717) is 13.2 Å². The monoisotopic (exact) mass is 459 g/mol.